The number of benzene rings is 3. The lowest BCUT2D eigenvalue weighted by atomic mass is 10.3. The third-order valence-electron chi connectivity index (χ3n) is 4.86. The van der Waals surface area contributed by atoms with Gasteiger partial charge in [0.2, 0.25) is 0 Å². The van der Waals surface area contributed by atoms with Crippen LogP contribution in [-0.4, -0.2) is 6.16 Å². The first-order chi connectivity index (χ1) is 15.8. The molecule has 3 rings (SSSR count). The van der Waals surface area contributed by atoms with Gasteiger partial charge in [-0.15, -0.1) is 0 Å². The minimum absolute atomic E-state index is 0.503. The van der Waals surface area contributed by atoms with Crippen molar-refractivity contribution in [3.05, 3.63) is 115 Å². The van der Waals surface area contributed by atoms with Crippen molar-refractivity contribution >= 4 is 23.2 Å². The zero-order valence-electron chi connectivity index (χ0n) is 21.0. The Morgan fingerprint density at radius 1 is 0.679 bits per heavy atom. The molecular formula is C27H30P+. The van der Waals surface area contributed by atoms with E-state index in [1.165, 1.54) is 15.9 Å². The van der Waals surface area contributed by atoms with E-state index in [0.29, 0.717) is 6.42 Å². The molecule has 28 heavy (non-hydrogen) atoms. The van der Waals surface area contributed by atoms with E-state index in [-0.39, 0.29) is 0 Å². The molecule has 0 unspecified atom stereocenters. The number of hydrogen-bond acceptors (Lipinski definition) is 0. The summed E-state index contributed by atoms with van der Waals surface area (Å²) < 4.78 is 37.2. The standard InChI is InChI=1S/C27H30P/c1-2-3-4-5-6-7-17-24-28(25-18-11-8-12-19-25,26-20-13-9-14-21-26)27-22-15-10-16-23-27/h3-4,6-16,18-23H,2,5,17,24H2,1H3/q+1/b4-3-,7-6-/i1D3,2D2. The first-order valence-corrected chi connectivity index (χ1v) is 11.6. The van der Waals surface area contributed by atoms with Crippen LogP contribution in [0.25, 0.3) is 0 Å². The van der Waals surface area contributed by atoms with Crippen LogP contribution in [0.4, 0.5) is 0 Å². The minimum Gasteiger partial charge on any atom is -0.0885 e. The molecule has 0 N–H and O–H groups in total. The summed E-state index contributed by atoms with van der Waals surface area (Å²) in [4.78, 5) is 0. The van der Waals surface area contributed by atoms with Crippen molar-refractivity contribution in [1.82, 2.24) is 0 Å². The molecule has 0 aliphatic carbocycles. The molecule has 0 heterocycles. The zero-order chi connectivity index (χ0) is 23.8. The Balaban J connectivity index is 1.85. The van der Waals surface area contributed by atoms with E-state index in [4.69, 9.17) is 6.85 Å². The van der Waals surface area contributed by atoms with Gasteiger partial charge in [-0.2, -0.15) is 0 Å². The van der Waals surface area contributed by atoms with E-state index in [1.807, 2.05) is 6.08 Å². The first-order valence-electron chi connectivity index (χ1n) is 12.1. The van der Waals surface area contributed by atoms with Crippen LogP contribution < -0.4 is 15.9 Å². The van der Waals surface area contributed by atoms with Gasteiger partial charge in [0, 0.05) is 13.3 Å². The molecule has 0 saturated carbocycles. The fourth-order valence-electron chi connectivity index (χ4n) is 3.57. The van der Waals surface area contributed by atoms with Crippen LogP contribution in [0, 0.1) is 0 Å². The maximum Gasteiger partial charge on any atom is 0.112 e. The van der Waals surface area contributed by atoms with Crippen molar-refractivity contribution in [2.24, 2.45) is 0 Å². The second kappa shape index (κ2) is 10.8. The molecule has 0 aromatic heterocycles. The highest BCUT2D eigenvalue weighted by molar-refractivity contribution is 7.95. The van der Waals surface area contributed by atoms with E-state index in [2.05, 4.69) is 97.1 Å². The molecule has 0 radical (unpaired) electrons. The van der Waals surface area contributed by atoms with Gasteiger partial charge in [0.15, 0.2) is 0 Å². The zero-order valence-corrected chi connectivity index (χ0v) is 16.9. The first kappa shape index (κ1) is 14.6. The van der Waals surface area contributed by atoms with Gasteiger partial charge in [0.05, 0.1) is 6.16 Å². The predicted molar refractivity (Wildman–Crippen MR) is 128 cm³/mol. The fraction of sp³-hybridized carbons (Fsp3) is 0.185. The van der Waals surface area contributed by atoms with Crippen molar-refractivity contribution in [2.45, 2.75) is 26.1 Å². The molecule has 0 amide bonds. The molecule has 0 fully saturated rings. The molecular weight excluding hydrogens is 355 g/mol. The summed E-state index contributed by atoms with van der Waals surface area (Å²) in [5, 5.41) is 4.05. The SMILES string of the molecule is [2H]C([2H])([2H])C([2H])([2H])/C=C\C/C=C\CC[P+](c1ccccc1)(c1ccccc1)c1ccccc1. The topological polar surface area (TPSA) is 0 Å². The van der Waals surface area contributed by atoms with Crippen LogP contribution in [0.2, 0.25) is 0 Å². The average molecular weight is 391 g/mol. The van der Waals surface area contributed by atoms with Crippen molar-refractivity contribution in [2.75, 3.05) is 6.16 Å². The molecule has 0 nitrogen and oxygen atoms in total. The van der Waals surface area contributed by atoms with Crippen LogP contribution in [0.15, 0.2) is 115 Å². The van der Waals surface area contributed by atoms with E-state index < -0.39 is 20.5 Å². The van der Waals surface area contributed by atoms with Crippen molar-refractivity contribution in [1.29, 1.82) is 0 Å². The monoisotopic (exact) mass is 390 g/mol. The highest BCUT2D eigenvalue weighted by atomic mass is 31.2. The molecule has 142 valence electrons. The largest absolute Gasteiger partial charge is 0.112 e. The van der Waals surface area contributed by atoms with Crippen LogP contribution >= 0.6 is 7.26 Å². The summed E-state index contributed by atoms with van der Waals surface area (Å²) in [6.45, 7) is -2.65. The lowest BCUT2D eigenvalue weighted by Gasteiger charge is -2.27. The second-order valence-corrected chi connectivity index (χ2v) is 10.2. The summed E-state index contributed by atoms with van der Waals surface area (Å²) in [6, 6.07) is 32.2. The Labute approximate surface area is 178 Å². The smallest absolute Gasteiger partial charge is 0.0885 e. The van der Waals surface area contributed by atoms with Gasteiger partial charge in [-0.05, 0) is 49.2 Å². The van der Waals surface area contributed by atoms with Gasteiger partial charge in [-0.25, -0.2) is 0 Å². The van der Waals surface area contributed by atoms with Crippen LogP contribution in [0.1, 0.15) is 32.9 Å². The fourth-order valence-corrected chi connectivity index (χ4v) is 7.82. The molecule has 0 atom stereocenters. The Morgan fingerprint density at radius 3 is 1.61 bits per heavy atom. The third-order valence-corrected chi connectivity index (χ3v) is 9.33. The lowest BCUT2D eigenvalue weighted by Crippen LogP contribution is -2.33. The summed E-state index contributed by atoms with van der Waals surface area (Å²) in [5.41, 5.74) is 0. The van der Waals surface area contributed by atoms with Gasteiger partial charge in [-0.3, -0.25) is 0 Å². The predicted octanol–water partition coefficient (Wildman–Crippen LogP) is 6.28. The second-order valence-electron chi connectivity index (χ2n) is 6.58. The summed E-state index contributed by atoms with van der Waals surface area (Å²) in [5.74, 6) is 0. The van der Waals surface area contributed by atoms with E-state index >= 15 is 0 Å². The van der Waals surface area contributed by atoms with Gasteiger partial charge < -0.3 is 0 Å². The third kappa shape index (κ3) is 4.89. The molecule has 1 heteroatoms. The highest BCUT2D eigenvalue weighted by Gasteiger charge is 2.44. The Kier molecular flexibility index (Phi) is 5.61. The summed E-state index contributed by atoms with van der Waals surface area (Å²) in [7, 11) is -1.86. The highest BCUT2D eigenvalue weighted by Crippen LogP contribution is 2.55. The maximum atomic E-state index is 7.66. The van der Waals surface area contributed by atoms with Crippen LogP contribution in [0.3, 0.4) is 0 Å². The van der Waals surface area contributed by atoms with Crippen LogP contribution in [-0.2, 0) is 0 Å². The van der Waals surface area contributed by atoms with E-state index in [9.17, 15) is 0 Å². The van der Waals surface area contributed by atoms with Gasteiger partial charge in [-0.1, -0.05) is 85.8 Å². The Hall–Kier alpha value is -2.43. The molecule has 0 spiro atoms. The quantitative estimate of drug-likeness (QED) is 0.298. The van der Waals surface area contributed by atoms with Crippen molar-refractivity contribution < 1.29 is 6.85 Å². The van der Waals surface area contributed by atoms with Crippen molar-refractivity contribution in [3.63, 3.8) is 0 Å². The normalized spacial score (nSPS) is 15.6. The summed E-state index contributed by atoms with van der Waals surface area (Å²) in [6.07, 6.45) is 6.89. The Morgan fingerprint density at radius 2 is 1.14 bits per heavy atom. The lowest BCUT2D eigenvalue weighted by molar-refractivity contribution is 1.18. The molecule has 3 aromatic carbocycles. The van der Waals surface area contributed by atoms with Gasteiger partial charge in [0.1, 0.15) is 23.2 Å². The molecule has 3 aromatic rings. The number of rotatable bonds is 9. The number of hydrogen-bond donors (Lipinski definition) is 0. The Bertz CT molecular complexity index is 945. The molecule has 0 aliphatic heterocycles. The van der Waals surface area contributed by atoms with Gasteiger partial charge in [0.25, 0.3) is 0 Å². The maximum absolute atomic E-state index is 7.66. The average Bonchev–Trinajstić information content (AvgIpc) is 2.82. The summed E-state index contributed by atoms with van der Waals surface area (Å²) >= 11 is 0. The van der Waals surface area contributed by atoms with Gasteiger partial charge >= 0.3 is 0 Å². The van der Waals surface area contributed by atoms with E-state index in [1.54, 1.807) is 6.08 Å². The van der Waals surface area contributed by atoms with Crippen molar-refractivity contribution in [3.8, 4) is 0 Å². The molecule has 0 bridgehead atoms. The molecule has 0 aliphatic rings. The molecule has 0 saturated heterocycles. The minimum atomic E-state index is -2.65. The number of allylic oxidation sites excluding steroid dienone is 4. The van der Waals surface area contributed by atoms with Crippen LogP contribution in [0.5, 0.6) is 0 Å². The van der Waals surface area contributed by atoms with E-state index in [0.717, 1.165) is 18.7 Å².